The number of amides is 1. The summed E-state index contributed by atoms with van der Waals surface area (Å²) in [6.45, 7) is 7.53. The summed E-state index contributed by atoms with van der Waals surface area (Å²) in [4.78, 5) is 13.7. The number of β-lactam (4-membered cyclic amide) rings is 1. The van der Waals surface area contributed by atoms with E-state index in [9.17, 15) is 4.79 Å². The van der Waals surface area contributed by atoms with Crippen LogP contribution in [-0.4, -0.2) is 23.4 Å². The van der Waals surface area contributed by atoms with E-state index < -0.39 is 0 Å². The first-order valence-corrected chi connectivity index (χ1v) is 5.29. The lowest BCUT2D eigenvalue weighted by atomic mass is 9.86. The lowest BCUT2D eigenvalue weighted by Gasteiger charge is -2.46. The second-order valence-electron chi connectivity index (χ2n) is 5.63. The minimum Gasteiger partial charge on any atom is -0.338 e. The smallest absolute Gasteiger partial charge is 0.228 e. The van der Waals surface area contributed by atoms with E-state index in [4.69, 9.17) is 0 Å². The Morgan fingerprint density at radius 2 is 2.08 bits per heavy atom. The van der Waals surface area contributed by atoms with E-state index in [-0.39, 0.29) is 5.41 Å². The molecular weight excluding hydrogens is 162 g/mol. The average Bonchev–Trinajstić information content (AvgIpc) is 2.42. The maximum absolute atomic E-state index is 11.6. The van der Waals surface area contributed by atoms with E-state index in [1.165, 1.54) is 12.8 Å². The number of carbonyl (C=O) groups is 1. The van der Waals surface area contributed by atoms with Gasteiger partial charge in [0.25, 0.3) is 0 Å². The third-order valence-electron chi connectivity index (χ3n) is 3.12. The Morgan fingerprint density at radius 3 is 2.69 bits per heavy atom. The van der Waals surface area contributed by atoms with Crippen LogP contribution in [-0.2, 0) is 4.79 Å². The molecule has 2 rings (SSSR count). The second kappa shape index (κ2) is 2.73. The number of fused-ring (bicyclic) bond motifs is 1. The second-order valence-corrected chi connectivity index (χ2v) is 5.63. The van der Waals surface area contributed by atoms with Crippen LogP contribution < -0.4 is 0 Å². The Bertz CT molecular complexity index is 229. The van der Waals surface area contributed by atoms with Crippen molar-refractivity contribution in [1.82, 2.24) is 4.90 Å². The van der Waals surface area contributed by atoms with Crippen molar-refractivity contribution in [2.75, 3.05) is 6.54 Å². The van der Waals surface area contributed by atoms with Crippen molar-refractivity contribution in [3.8, 4) is 0 Å². The number of nitrogens with zero attached hydrogens (tertiary/aromatic N) is 1. The van der Waals surface area contributed by atoms with E-state index in [2.05, 4.69) is 25.7 Å². The van der Waals surface area contributed by atoms with E-state index in [0.717, 1.165) is 13.0 Å². The minimum absolute atomic E-state index is 0.253. The lowest BCUT2D eigenvalue weighted by molar-refractivity contribution is -0.155. The quantitative estimate of drug-likeness (QED) is 0.567. The molecule has 0 spiro atoms. The average molecular weight is 181 g/mol. The highest BCUT2D eigenvalue weighted by atomic mass is 16.2. The van der Waals surface area contributed by atoms with E-state index in [0.29, 0.717) is 17.9 Å². The minimum atomic E-state index is 0.253. The van der Waals surface area contributed by atoms with Crippen LogP contribution in [0.25, 0.3) is 0 Å². The van der Waals surface area contributed by atoms with Crippen molar-refractivity contribution in [1.29, 1.82) is 0 Å². The third-order valence-corrected chi connectivity index (χ3v) is 3.12. The van der Waals surface area contributed by atoms with Crippen LogP contribution in [0.3, 0.4) is 0 Å². The van der Waals surface area contributed by atoms with E-state index in [1.54, 1.807) is 0 Å². The van der Waals surface area contributed by atoms with Gasteiger partial charge in [0, 0.05) is 12.6 Å². The number of carbonyl (C=O) groups excluding carboxylic acids is 1. The Labute approximate surface area is 80.3 Å². The molecule has 2 heteroatoms. The molecule has 0 radical (unpaired) electrons. The van der Waals surface area contributed by atoms with Gasteiger partial charge < -0.3 is 4.90 Å². The van der Waals surface area contributed by atoms with Gasteiger partial charge in [0.2, 0.25) is 5.91 Å². The largest absolute Gasteiger partial charge is 0.338 e. The van der Waals surface area contributed by atoms with Gasteiger partial charge in [-0.2, -0.15) is 0 Å². The highest BCUT2D eigenvalue weighted by molar-refractivity contribution is 5.86. The van der Waals surface area contributed by atoms with Crippen molar-refractivity contribution >= 4 is 5.91 Å². The normalized spacial score (nSPS) is 33.2. The summed E-state index contributed by atoms with van der Waals surface area (Å²) < 4.78 is 0. The molecule has 2 fully saturated rings. The third kappa shape index (κ3) is 1.47. The first-order valence-electron chi connectivity index (χ1n) is 5.29. The van der Waals surface area contributed by atoms with Crippen LogP contribution in [0.2, 0.25) is 0 Å². The summed E-state index contributed by atoms with van der Waals surface area (Å²) in [5.74, 6) is 0.819. The number of hydrogen-bond acceptors (Lipinski definition) is 1. The van der Waals surface area contributed by atoms with Gasteiger partial charge in [-0.1, -0.05) is 27.2 Å². The molecule has 1 amide bonds. The molecule has 2 atom stereocenters. The number of hydrogen-bond donors (Lipinski definition) is 0. The monoisotopic (exact) mass is 181 g/mol. The zero-order valence-corrected chi connectivity index (χ0v) is 8.84. The highest BCUT2D eigenvalue weighted by Crippen LogP contribution is 2.41. The Balaban J connectivity index is 1.98. The zero-order chi connectivity index (χ0) is 9.64. The first-order chi connectivity index (χ1) is 5.99. The summed E-state index contributed by atoms with van der Waals surface area (Å²) in [6.07, 6.45) is 3.64. The van der Waals surface area contributed by atoms with E-state index in [1.807, 2.05) is 0 Å². The summed E-state index contributed by atoms with van der Waals surface area (Å²) >= 11 is 0. The van der Waals surface area contributed by atoms with Gasteiger partial charge in [0.05, 0.1) is 5.92 Å². The molecule has 0 aromatic rings. The molecule has 1 aliphatic carbocycles. The highest BCUT2D eigenvalue weighted by Gasteiger charge is 2.50. The van der Waals surface area contributed by atoms with Crippen molar-refractivity contribution in [2.45, 2.75) is 46.1 Å². The standard InChI is InChI=1S/C11H19NO/c1-11(2,3)7-12-9-6-4-5-8(9)10(12)13/h8-9H,4-7H2,1-3H3. The Morgan fingerprint density at radius 1 is 1.38 bits per heavy atom. The molecule has 1 saturated carbocycles. The van der Waals surface area contributed by atoms with Gasteiger partial charge in [-0.15, -0.1) is 0 Å². The topological polar surface area (TPSA) is 20.3 Å². The van der Waals surface area contributed by atoms with Gasteiger partial charge >= 0.3 is 0 Å². The van der Waals surface area contributed by atoms with Crippen LogP contribution in [0.1, 0.15) is 40.0 Å². The van der Waals surface area contributed by atoms with Crippen molar-refractivity contribution in [3.63, 3.8) is 0 Å². The number of likely N-dealkylation sites (tertiary alicyclic amines) is 1. The molecule has 0 aromatic carbocycles. The fraction of sp³-hybridized carbons (Fsp3) is 0.909. The van der Waals surface area contributed by atoms with Crippen molar-refractivity contribution in [3.05, 3.63) is 0 Å². The van der Waals surface area contributed by atoms with Crippen LogP contribution >= 0.6 is 0 Å². The van der Waals surface area contributed by atoms with Crippen molar-refractivity contribution < 1.29 is 4.79 Å². The van der Waals surface area contributed by atoms with E-state index >= 15 is 0 Å². The Kier molecular flexibility index (Phi) is 1.90. The molecule has 0 bridgehead atoms. The molecule has 1 heterocycles. The molecule has 0 aromatic heterocycles. The molecule has 1 aliphatic heterocycles. The molecular formula is C11H19NO. The first kappa shape index (κ1) is 9.04. The lowest BCUT2D eigenvalue weighted by Crippen LogP contribution is -2.60. The van der Waals surface area contributed by atoms with Gasteiger partial charge in [-0.05, 0) is 18.3 Å². The molecule has 0 N–H and O–H groups in total. The van der Waals surface area contributed by atoms with Gasteiger partial charge in [-0.25, -0.2) is 0 Å². The number of rotatable bonds is 1. The predicted octanol–water partition coefficient (Wildman–Crippen LogP) is 2.04. The Hall–Kier alpha value is -0.530. The van der Waals surface area contributed by atoms with Gasteiger partial charge in [0.15, 0.2) is 0 Å². The molecule has 13 heavy (non-hydrogen) atoms. The molecule has 74 valence electrons. The van der Waals surface area contributed by atoms with Gasteiger partial charge in [-0.3, -0.25) is 4.79 Å². The van der Waals surface area contributed by atoms with Crippen LogP contribution in [0.5, 0.6) is 0 Å². The molecule has 1 saturated heterocycles. The SMILES string of the molecule is CC(C)(C)CN1C(=O)C2CCCC21. The molecule has 2 aliphatic rings. The fourth-order valence-electron chi connectivity index (χ4n) is 2.60. The van der Waals surface area contributed by atoms with Gasteiger partial charge in [0.1, 0.15) is 0 Å². The summed E-state index contributed by atoms with van der Waals surface area (Å²) in [6, 6.07) is 0.603. The summed E-state index contributed by atoms with van der Waals surface area (Å²) in [7, 11) is 0. The van der Waals surface area contributed by atoms with Crippen LogP contribution in [0.4, 0.5) is 0 Å². The maximum atomic E-state index is 11.6. The fourth-order valence-corrected chi connectivity index (χ4v) is 2.60. The maximum Gasteiger partial charge on any atom is 0.228 e. The summed E-state index contributed by atoms with van der Waals surface area (Å²) in [5.41, 5.74) is 0.253. The zero-order valence-electron chi connectivity index (χ0n) is 8.84. The van der Waals surface area contributed by atoms with Crippen LogP contribution in [0, 0.1) is 11.3 Å². The molecule has 2 nitrogen and oxygen atoms in total. The predicted molar refractivity (Wildman–Crippen MR) is 52.3 cm³/mol. The van der Waals surface area contributed by atoms with Crippen LogP contribution in [0.15, 0.2) is 0 Å². The molecule has 2 unspecified atom stereocenters. The summed E-state index contributed by atoms with van der Waals surface area (Å²) in [5, 5.41) is 0. The van der Waals surface area contributed by atoms with Crippen molar-refractivity contribution in [2.24, 2.45) is 11.3 Å².